The number of alkyl halides is 2. The average Bonchev–Trinajstić information content (AvgIpc) is 2.72. The monoisotopic (exact) mass is 435 g/mol. The number of nitrogens with zero attached hydrogens (tertiary/aromatic N) is 1. The lowest BCUT2D eigenvalue weighted by atomic mass is 9.87. The van der Waals surface area contributed by atoms with Crippen molar-refractivity contribution in [3.05, 3.63) is 41.2 Å². The minimum Gasteiger partial charge on any atom is -0.388 e. The zero-order valence-corrected chi connectivity index (χ0v) is 16.8. The summed E-state index contributed by atoms with van der Waals surface area (Å²) in [6.07, 6.45) is 1.32. The maximum atomic E-state index is 14.6. The molecule has 0 radical (unpaired) electrons. The van der Waals surface area contributed by atoms with Crippen molar-refractivity contribution in [1.29, 1.82) is 5.41 Å². The fourth-order valence-electron chi connectivity index (χ4n) is 3.58. The number of anilines is 4. The van der Waals surface area contributed by atoms with Crippen molar-refractivity contribution in [2.75, 3.05) is 23.0 Å². The number of rotatable bonds is 7. The highest BCUT2D eigenvalue weighted by atomic mass is 19.3. The van der Waals surface area contributed by atoms with Gasteiger partial charge in [0, 0.05) is 37.0 Å². The molecule has 11 heteroatoms. The summed E-state index contributed by atoms with van der Waals surface area (Å²) >= 11 is 0. The second kappa shape index (κ2) is 8.80. The summed E-state index contributed by atoms with van der Waals surface area (Å²) in [5.41, 5.74) is 12.3. The molecular formula is C20H24F3N7O. The third kappa shape index (κ3) is 4.55. The van der Waals surface area contributed by atoms with E-state index in [4.69, 9.17) is 16.9 Å². The second-order valence-corrected chi connectivity index (χ2v) is 7.30. The Kier molecular flexibility index (Phi) is 6.34. The van der Waals surface area contributed by atoms with Crippen LogP contribution in [0.15, 0.2) is 24.3 Å². The molecule has 0 aliphatic heterocycles. The van der Waals surface area contributed by atoms with Gasteiger partial charge in [-0.2, -0.15) is 0 Å². The van der Waals surface area contributed by atoms with Crippen LogP contribution in [0, 0.1) is 11.2 Å². The normalized spacial score (nSPS) is 20.0. The number of hydrogen-bond acceptors (Lipinski definition) is 7. The van der Waals surface area contributed by atoms with Gasteiger partial charge in [-0.1, -0.05) is 6.07 Å². The van der Waals surface area contributed by atoms with Crippen LogP contribution in [-0.2, 0) is 0 Å². The molecule has 1 aromatic heterocycles. The Morgan fingerprint density at radius 1 is 1.32 bits per heavy atom. The molecule has 1 fully saturated rings. The first kappa shape index (κ1) is 22.3. The van der Waals surface area contributed by atoms with Gasteiger partial charge >= 0.3 is 0 Å². The Morgan fingerprint density at radius 3 is 2.68 bits per heavy atom. The van der Waals surface area contributed by atoms with Crippen LogP contribution in [0.3, 0.4) is 0 Å². The molecule has 1 saturated carbocycles. The number of pyridine rings is 1. The number of halogens is 3. The summed E-state index contributed by atoms with van der Waals surface area (Å²) in [5.74, 6) is -5.33. The molecule has 0 saturated heterocycles. The maximum Gasteiger partial charge on any atom is 0.264 e. The first-order valence-electron chi connectivity index (χ1n) is 9.66. The number of carbonyl (C=O) groups excluding carboxylic acids is 1. The van der Waals surface area contributed by atoms with E-state index in [1.54, 1.807) is 25.2 Å². The van der Waals surface area contributed by atoms with Crippen molar-refractivity contribution in [2.24, 2.45) is 11.5 Å². The Balaban J connectivity index is 1.99. The summed E-state index contributed by atoms with van der Waals surface area (Å²) in [6, 6.07) is 3.57. The van der Waals surface area contributed by atoms with Crippen molar-refractivity contribution in [2.45, 2.75) is 37.3 Å². The van der Waals surface area contributed by atoms with Gasteiger partial charge in [0.25, 0.3) is 11.8 Å². The van der Waals surface area contributed by atoms with Gasteiger partial charge in [0.1, 0.15) is 5.82 Å². The van der Waals surface area contributed by atoms with Crippen molar-refractivity contribution in [3.63, 3.8) is 0 Å². The number of amides is 1. The number of primary amides is 1. The van der Waals surface area contributed by atoms with Crippen LogP contribution >= 0.6 is 0 Å². The molecule has 2 atom stereocenters. The van der Waals surface area contributed by atoms with Crippen LogP contribution in [0.25, 0.3) is 0 Å². The SMILES string of the molecule is CNc1cccc(Nc2nc(N[C@@H]3CCCC(F)(F)[C@@H]3N)c(F)cc2C(N)=O)c1C=N. The van der Waals surface area contributed by atoms with E-state index in [0.29, 0.717) is 23.4 Å². The highest BCUT2D eigenvalue weighted by Crippen LogP contribution is 2.35. The van der Waals surface area contributed by atoms with E-state index < -0.39 is 29.7 Å². The van der Waals surface area contributed by atoms with Crippen LogP contribution in [0.2, 0.25) is 0 Å². The summed E-state index contributed by atoms with van der Waals surface area (Å²) in [4.78, 5) is 16.0. The Morgan fingerprint density at radius 2 is 2.03 bits per heavy atom. The highest BCUT2D eigenvalue weighted by molar-refractivity contribution is 6.00. The van der Waals surface area contributed by atoms with E-state index >= 15 is 0 Å². The van der Waals surface area contributed by atoms with Gasteiger partial charge < -0.3 is 32.8 Å². The van der Waals surface area contributed by atoms with Gasteiger partial charge in [-0.05, 0) is 31.0 Å². The molecule has 2 aromatic rings. The number of carbonyl (C=O) groups is 1. The number of nitrogens with one attached hydrogen (secondary N) is 4. The molecule has 31 heavy (non-hydrogen) atoms. The lowest BCUT2D eigenvalue weighted by Gasteiger charge is -2.36. The molecule has 3 rings (SSSR count). The van der Waals surface area contributed by atoms with Crippen LogP contribution < -0.4 is 27.4 Å². The number of hydrogen-bond donors (Lipinski definition) is 6. The van der Waals surface area contributed by atoms with Gasteiger partial charge in [0.2, 0.25) is 0 Å². The molecule has 0 unspecified atom stereocenters. The standard InChI is InChI=1S/C20H24F3N7O/c1-27-13-4-2-5-14(11(13)9-24)28-18-10(17(26)31)8-12(21)19(30-18)29-15-6-3-7-20(22,23)16(15)25/h2,4-5,8-9,15-16,24,27H,3,6-7,25H2,1H3,(H2,26,31)(H2,28,29,30)/t15-,16-/m1/s1. The van der Waals surface area contributed by atoms with Crippen LogP contribution in [-0.4, -0.2) is 42.2 Å². The smallest absolute Gasteiger partial charge is 0.264 e. The quantitative estimate of drug-likeness (QED) is 0.369. The summed E-state index contributed by atoms with van der Waals surface area (Å²) in [5, 5.41) is 16.1. The van der Waals surface area contributed by atoms with Crippen molar-refractivity contribution < 1.29 is 18.0 Å². The van der Waals surface area contributed by atoms with Crippen LogP contribution in [0.5, 0.6) is 0 Å². The molecule has 1 aliphatic rings. The van der Waals surface area contributed by atoms with Gasteiger partial charge in [0.05, 0.1) is 17.3 Å². The predicted octanol–water partition coefficient (Wildman–Crippen LogP) is 3.03. The van der Waals surface area contributed by atoms with E-state index in [9.17, 15) is 18.0 Å². The third-order valence-electron chi connectivity index (χ3n) is 5.28. The largest absolute Gasteiger partial charge is 0.388 e. The molecule has 0 bridgehead atoms. The fraction of sp³-hybridized carbons (Fsp3) is 0.350. The van der Waals surface area contributed by atoms with E-state index in [-0.39, 0.29) is 30.0 Å². The van der Waals surface area contributed by atoms with Gasteiger partial charge in [-0.25, -0.2) is 18.2 Å². The summed E-state index contributed by atoms with van der Waals surface area (Å²) < 4.78 is 42.6. The van der Waals surface area contributed by atoms with Crippen molar-refractivity contribution in [1.82, 2.24) is 4.98 Å². The molecule has 8 nitrogen and oxygen atoms in total. The number of benzene rings is 1. The third-order valence-corrected chi connectivity index (χ3v) is 5.28. The van der Waals surface area contributed by atoms with E-state index in [1.165, 1.54) is 0 Å². The van der Waals surface area contributed by atoms with Crippen molar-refractivity contribution >= 4 is 35.1 Å². The molecule has 0 spiro atoms. The van der Waals surface area contributed by atoms with Gasteiger partial charge in [-0.15, -0.1) is 0 Å². The topological polar surface area (TPSA) is 142 Å². The summed E-state index contributed by atoms with van der Waals surface area (Å²) in [6.45, 7) is 0. The van der Waals surface area contributed by atoms with E-state index in [2.05, 4.69) is 20.9 Å². The van der Waals surface area contributed by atoms with E-state index in [1.807, 2.05) is 0 Å². The molecule has 166 valence electrons. The lowest BCUT2D eigenvalue weighted by Crippen LogP contribution is -2.55. The fourth-order valence-corrected chi connectivity index (χ4v) is 3.58. The number of nitrogens with two attached hydrogens (primary N) is 2. The van der Waals surface area contributed by atoms with Crippen LogP contribution in [0.4, 0.5) is 36.2 Å². The zero-order valence-electron chi connectivity index (χ0n) is 16.8. The Labute approximate surface area is 177 Å². The van der Waals surface area contributed by atoms with Gasteiger partial charge in [-0.3, -0.25) is 4.79 Å². The highest BCUT2D eigenvalue weighted by Gasteiger charge is 2.45. The predicted molar refractivity (Wildman–Crippen MR) is 114 cm³/mol. The Bertz CT molecular complexity index is 999. The average molecular weight is 435 g/mol. The Hall–Kier alpha value is -3.34. The minimum absolute atomic E-state index is 0.0797. The molecule has 1 aromatic carbocycles. The van der Waals surface area contributed by atoms with Crippen LogP contribution in [0.1, 0.15) is 35.2 Å². The molecule has 1 heterocycles. The summed E-state index contributed by atoms with van der Waals surface area (Å²) in [7, 11) is 1.68. The number of aromatic nitrogens is 1. The molecular weight excluding hydrogens is 411 g/mol. The first-order valence-corrected chi connectivity index (χ1v) is 9.66. The van der Waals surface area contributed by atoms with E-state index in [0.717, 1.165) is 12.3 Å². The molecule has 1 amide bonds. The zero-order chi connectivity index (χ0) is 22.8. The van der Waals surface area contributed by atoms with Gasteiger partial charge in [0.15, 0.2) is 11.6 Å². The lowest BCUT2D eigenvalue weighted by molar-refractivity contribution is -0.0555. The first-order chi connectivity index (χ1) is 14.7. The minimum atomic E-state index is -3.08. The molecule has 1 aliphatic carbocycles. The maximum absolute atomic E-state index is 14.6. The molecule has 8 N–H and O–H groups in total. The second-order valence-electron chi connectivity index (χ2n) is 7.30. The van der Waals surface area contributed by atoms with Crippen molar-refractivity contribution in [3.8, 4) is 0 Å².